The standard InChI is InChI=1S/C18H33N5/c1-3-4-13-23-14-6-5-9-17(23)16-21-18(19-2)20-10-15-22-11-7-8-12-22/h7-8,11-12,17H,3-6,9-10,13-16H2,1-2H3,(H2,19,20,21). The van der Waals surface area contributed by atoms with E-state index in [9.17, 15) is 0 Å². The highest BCUT2D eigenvalue weighted by molar-refractivity contribution is 5.79. The fraction of sp³-hybridized carbons (Fsp3) is 0.722. The highest BCUT2D eigenvalue weighted by Gasteiger charge is 2.21. The SMILES string of the molecule is CCCCN1CCCCC1CNC(=NC)NCCn1cccc1. The largest absolute Gasteiger partial charge is 0.355 e. The van der Waals surface area contributed by atoms with Crippen LogP contribution in [0, 0.1) is 0 Å². The molecule has 0 bridgehead atoms. The summed E-state index contributed by atoms with van der Waals surface area (Å²) in [6.45, 7) is 7.60. The van der Waals surface area contributed by atoms with Gasteiger partial charge < -0.3 is 15.2 Å². The third-order valence-corrected chi connectivity index (χ3v) is 4.61. The van der Waals surface area contributed by atoms with E-state index in [2.05, 4.69) is 56.5 Å². The van der Waals surface area contributed by atoms with E-state index in [4.69, 9.17) is 0 Å². The number of hydrogen-bond acceptors (Lipinski definition) is 2. The lowest BCUT2D eigenvalue weighted by atomic mass is 10.0. The maximum absolute atomic E-state index is 4.35. The Hall–Kier alpha value is -1.49. The van der Waals surface area contributed by atoms with Crippen molar-refractivity contribution in [3.63, 3.8) is 0 Å². The number of aliphatic imine (C=N–C) groups is 1. The first kappa shape index (κ1) is 17.9. The Kier molecular flexibility index (Phi) is 8.01. The van der Waals surface area contributed by atoms with Crippen LogP contribution in [0.2, 0.25) is 0 Å². The number of rotatable bonds is 8. The van der Waals surface area contributed by atoms with Gasteiger partial charge in [-0.3, -0.25) is 9.89 Å². The molecule has 1 aliphatic rings. The van der Waals surface area contributed by atoms with E-state index in [1.807, 2.05) is 7.05 Å². The van der Waals surface area contributed by atoms with Gasteiger partial charge in [0.1, 0.15) is 0 Å². The van der Waals surface area contributed by atoms with Gasteiger partial charge in [-0.25, -0.2) is 0 Å². The minimum atomic E-state index is 0.651. The first-order valence-corrected chi connectivity index (χ1v) is 9.12. The van der Waals surface area contributed by atoms with E-state index in [-0.39, 0.29) is 0 Å². The monoisotopic (exact) mass is 319 g/mol. The molecule has 2 rings (SSSR count). The van der Waals surface area contributed by atoms with Crippen molar-refractivity contribution in [1.29, 1.82) is 0 Å². The molecule has 1 unspecified atom stereocenters. The van der Waals surface area contributed by atoms with Gasteiger partial charge >= 0.3 is 0 Å². The van der Waals surface area contributed by atoms with Crippen LogP contribution in [0.15, 0.2) is 29.5 Å². The zero-order chi connectivity index (χ0) is 16.3. The van der Waals surface area contributed by atoms with Gasteiger partial charge in [-0.2, -0.15) is 0 Å². The lowest BCUT2D eigenvalue weighted by molar-refractivity contribution is 0.147. The third-order valence-electron chi connectivity index (χ3n) is 4.61. The summed E-state index contributed by atoms with van der Waals surface area (Å²) in [6.07, 6.45) is 10.8. The number of nitrogens with zero attached hydrogens (tertiary/aromatic N) is 3. The number of nitrogens with one attached hydrogen (secondary N) is 2. The summed E-state index contributed by atoms with van der Waals surface area (Å²) in [6, 6.07) is 4.76. The number of guanidine groups is 1. The second-order valence-electron chi connectivity index (χ2n) is 6.34. The fourth-order valence-corrected chi connectivity index (χ4v) is 3.20. The maximum atomic E-state index is 4.35. The van der Waals surface area contributed by atoms with E-state index in [0.29, 0.717) is 6.04 Å². The summed E-state index contributed by atoms with van der Waals surface area (Å²) in [5.74, 6) is 0.915. The molecule has 0 radical (unpaired) electrons. The Morgan fingerprint density at radius 2 is 2.00 bits per heavy atom. The molecule has 1 fully saturated rings. The van der Waals surface area contributed by atoms with Gasteiger partial charge in [0.15, 0.2) is 5.96 Å². The van der Waals surface area contributed by atoms with Crippen molar-refractivity contribution in [2.45, 2.75) is 51.6 Å². The number of unbranched alkanes of at least 4 members (excludes halogenated alkanes) is 1. The van der Waals surface area contributed by atoms with Crippen LogP contribution in [0.4, 0.5) is 0 Å². The first-order chi connectivity index (χ1) is 11.3. The van der Waals surface area contributed by atoms with E-state index >= 15 is 0 Å². The van der Waals surface area contributed by atoms with Gasteiger partial charge in [-0.15, -0.1) is 0 Å². The van der Waals surface area contributed by atoms with Crippen molar-refractivity contribution in [1.82, 2.24) is 20.1 Å². The molecule has 5 nitrogen and oxygen atoms in total. The van der Waals surface area contributed by atoms with Crippen LogP contribution in [0.25, 0.3) is 0 Å². The zero-order valence-corrected chi connectivity index (χ0v) is 14.8. The molecular formula is C18H33N5. The highest BCUT2D eigenvalue weighted by Crippen LogP contribution is 2.16. The van der Waals surface area contributed by atoms with Gasteiger partial charge in [0.05, 0.1) is 0 Å². The molecule has 130 valence electrons. The Balaban J connectivity index is 1.70. The van der Waals surface area contributed by atoms with Crippen molar-refractivity contribution in [3.05, 3.63) is 24.5 Å². The van der Waals surface area contributed by atoms with E-state index in [1.54, 1.807) is 0 Å². The summed E-state index contributed by atoms with van der Waals surface area (Å²) >= 11 is 0. The van der Waals surface area contributed by atoms with Crippen LogP contribution < -0.4 is 10.6 Å². The van der Waals surface area contributed by atoms with Gasteiger partial charge in [0.2, 0.25) is 0 Å². The van der Waals surface area contributed by atoms with Crippen LogP contribution >= 0.6 is 0 Å². The molecule has 5 heteroatoms. The highest BCUT2D eigenvalue weighted by atomic mass is 15.2. The number of piperidine rings is 1. The van der Waals surface area contributed by atoms with Gasteiger partial charge in [-0.1, -0.05) is 19.8 Å². The van der Waals surface area contributed by atoms with Crippen molar-refractivity contribution < 1.29 is 0 Å². The molecule has 1 saturated heterocycles. The summed E-state index contributed by atoms with van der Waals surface area (Å²) in [4.78, 5) is 7.00. The molecular weight excluding hydrogens is 286 g/mol. The summed E-state index contributed by atoms with van der Waals surface area (Å²) < 4.78 is 2.17. The summed E-state index contributed by atoms with van der Waals surface area (Å²) in [5, 5.41) is 6.92. The lowest BCUT2D eigenvalue weighted by Crippen LogP contribution is -2.49. The third kappa shape index (κ3) is 6.26. The first-order valence-electron chi connectivity index (χ1n) is 9.12. The van der Waals surface area contributed by atoms with E-state index in [1.165, 1.54) is 45.2 Å². The zero-order valence-electron chi connectivity index (χ0n) is 14.8. The van der Waals surface area contributed by atoms with Crippen LogP contribution in [-0.2, 0) is 6.54 Å². The molecule has 0 aromatic carbocycles. The molecule has 1 aromatic rings. The molecule has 2 N–H and O–H groups in total. The van der Waals surface area contributed by atoms with Crippen molar-refractivity contribution >= 4 is 5.96 Å². The Morgan fingerprint density at radius 1 is 1.17 bits per heavy atom. The second-order valence-corrected chi connectivity index (χ2v) is 6.34. The minimum Gasteiger partial charge on any atom is -0.355 e. The van der Waals surface area contributed by atoms with Crippen LogP contribution in [0.5, 0.6) is 0 Å². The van der Waals surface area contributed by atoms with Crippen LogP contribution in [-0.4, -0.2) is 54.7 Å². The van der Waals surface area contributed by atoms with E-state index < -0.39 is 0 Å². The Bertz CT molecular complexity index is 440. The minimum absolute atomic E-state index is 0.651. The fourth-order valence-electron chi connectivity index (χ4n) is 3.20. The normalized spacial score (nSPS) is 19.7. The molecule has 0 saturated carbocycles. The molecule has 0 amide bonds. The molecule has 0 aliphatic carbocycles. The smallest absolute Gasteiger partial charge is 0.191 e. The summed E-state index contributed by atoms with van der Waals surface area (Å²) in [7, 11) is 1.85. The van der Waals surface area contributed by atoms with Gasteiger partial charge in [-0.05, 0) is 44.5 Å². The predicted molar refractivity (Wildman–Crippen MR) is 97.9 cm³/mol. The quantitative estimate of drug-likeness (QED) is 0.571. The van der Waals surface area contributed by atoms with Crippen molar-refractivity contribution in [3.8, 4) is 0 Å². The Labute approximate surface area is 141 Å². The topological polar surface area (TPSA) is 44.6 Å². The molecule has 2 heterocycles. The lowest BCUT2D eigenvalue weighted by Gasteiger charge is -2.36. The number of aromatic nitrogens is 1. The molecule has 0 spiro atoms. The Morgan fingerprint density at radius 3 is 2.74 bits per heavy atom. The van der Waals surface area contributed by atoms with Crippen molar-refractivity contribution in [2.75, 3.05) is 33.2 Å². The summed E-state index contributed by atoms with van der Waals surface area (Å²) in [5.41, 5.74) is 0. The van der Waals surface area contributed by atoms with Crippen LogP contribution in [0.3, 0.4) is 0 Å². The van der Waals surface area contributed by atoms with Crippen LogP contribution in [0.1, 0.15) is 39.0 Å². The van der Waals surface area contributed by atoms with Gasteiger partial charge in [0.25, 0.3) is 0 Å². The predicted octanol–water partition coefficient (Wildman–Crippen LogP) is 2.31. The van der Waals surface area contributed by atoms with Crippen molar-refractivity contribution in [2.24, 2.45) is 4.99 Å². The van der Waals surface area contributed by atoms with Gasteiger partial charge in [0, 0.05) is 45.1 Å². The average Bonchev–Trinajstić information content (AvgIpc) is 3.10. The molecule has 1 aromatic heterocycles. The van der Waals surface area contributed by atoms with E-state index in [0.717, 1.165) is 25.6 Å². The average molecular weight is 319 g/mol. The number of hydrogen-bond donors (Lipinski definition) is 2. The molecule has 1 atom stereocenters. The molecule has 1 aliphatic heterocycles. The molecule has 23 heavy (non-hydrogen) atoms. The second kappa shape index (κ2) is 10.3. The number of likely N-dealkylation sites (tertiary alicyclic amines) is 1. The maximum Gasteiger partial charge on any atom is 0.191 e.